The van der Waals surface area contributed by atoms with Gasteiger partial charge in [-0.15, -0.1) is 0 Å². The average molecular weight is 224 g/mol. The first-order chi connectivity index (χ1) is 7.75. The number of nitrogens with one attached hydrogen (secondary N) is 1. The maximum atomic E-state index is 11.9. The Labute approximate surface area is 98.2 Å². The quantitative estimate of drug-likeness (QED) is 0.768. The predicted molar refractivity (Wildman–Crippen MR) is 64.9 cm³/mol. The highest BCUT2D eigenvalue weighted by atomic mass is 16.1. The lowest BCUT2D eigenvalue weighted by Crippen LogP contribution is -2.35. The number of hydrogen-bond donors (Lipinski definition) is 2. The molecule has 0 bridgehead atoms. The molecule has 0 aliphatic heterocycles. The van der Waals surface area contributed by atoms with E-state index in [1.807, 2.05) is 0 Å². The second-order valence-electron chi connectivity index (χ2n) is 5.52. The third kappa shape index (κ3) is 3.21. The van der Waals surface area contributed by atoms with Gasteiger partial charge in [0.05, 0.1) is 0 Å². The van der Waals surface area contributed by atoms with Crippen LogP contribution in [0.2, 0.25) is 0 Å². The van der Waals surface area contributed by atoms with Crippen molar-refractivity contribution in [3.05, 3.63) is 0 Å². The van der Waals surface area contributed by atoms with Crippen LogP contribution in [-0.2, 0) is 4.79 Å². The van der Waals surface area contributed by atoms with Gasteiger partial charge in [0.15, 0.2) is 0 Å². The first-order valence-corrected chi connectivity index (χ1v) is 6.79. The fourth-order valence-corrected chi connectivity index (χ4v) is 3.05. The molecular formula is C13H24N2O. The van der Waals surface area contributed by atoms with E-state index >= 15 is 0 Å². The van der Waals surface area contributed by atoms with Crippen LogP contribution in [0.4, 0.5) is 0 Å². The van der Waals surface area contributed by atoms with E-state index in [1.165, 1.54) is 25.7 Å². The number of carbonyl (C=O) groups excluding carboxylic acids is 1. The van der Waals surface area contributed by atoms with Crippen LogP contribution in [0.3, 0.4) is 0 Å². The highest BCUT2D eigenvalue weighted by molar-refractivity contribution is 5.78. The number of amides is 1. The van der Waals surface area contributed by atoms with Crippen LogP contribution in [0.1, 0.15) is 51.4 Å². The molecule has 1 amide bonds. The van der Waals surface area contributed by atoms with Crippen molar-refractivity contribution >= 4 is 5.91 Å². The predicted octanol–water partition coefficient (Wildman–Crippen LogP) is 1.81. The van der Waals surface area contributed by atoms with Crippen LogP contribution in [-0.4, -0.2) is 18.5 Å². The van der Waals surface area contributed by atoms with Gasteiger partial charge in [-0.3, -0.25) is 4.79 Å². The van der Waals surface area contributed by atoms with E-state index in [-0.39, 0.29) is 0 Å². The van der Waals surface area contributed by atoms with Gasteiger partial charge in [-0.05, 0) is 38.0 Å². The Morgan fingerprint density at radius 1 is 1.12 bits per heavy atom. The molecule has 92 valence electrons. The largest absolute Gasteiger partial charge is 0.356 e. The third-order valence-corrected chi connectivity index (χ3v) is 4.12. The Balaban J connectivity index is 1.66. The zero-order valence-electron chi connectivity index (χ0n) is 10.1. The number of hydrogen-bond acceptors (Lipinski definition) is 2. The van der Waals surface area contributed by atoms with Crippen LogP contribution in [0.5, 0.6) is 0 Å². The van der Waals surface area contributed by atoms with Crippen molar-refractivity contribution in [1.82, 2.24) is 5.32 Å². The Morgan fingerprint density at radius 2 is 1.88 bits per heavy atom. The van der Waals surface area contributed by atoms with Crippen molar-refractivity contribution in [1.29, 1.82) is 0 Å². The van der Waals surface area contributed by atoms with Crippen molar-refractivity contribution in [2.24, 2.45) is 17.6 Å². The van der Waals surface area contributed by atoms with Gasteiger partial charge in [0.1, 0.15) is 0 Å². The zero-order valence-corrected chi connectivity index (χ0v) is 10.1. The molecule has 2 rings (SSSR count). The first kappa shape index (κ1) is 11.9. The minimum absolute atomic E-state index is 0.292. The Bertz CT molecular complexity index is 236. The summed E-state index contributed by atoms with van der Waals surface area (Å²) in [5.74, 6) is 1.21. The van der Waals surface area contributed by atoms with Crippen molar-refractivity contribution < 1.29 is 4.79 Å². The van der Waals surface area contributed by atoms with Crippen LogP contribution in [0, 0.1) is 11.8 Å². The van der Waals surface area contributed by atoms with E-state index in [2.05, 4.69) is 5.32 Å². The van der Waals surface area contributed by atoms with Crippen LogP contribution in [0.25, 0.3) is 0 Å². The average Bonchev–Trinajstić information content (AvgIpc) is 2.73. The maximum absolute atomic E-state index is 11.9. The number of rotatable bonds is 3. The monoisotopic (exact) mass is 224 g/mol. The summed E-state index contributed by atoms with van der Waals surface area (Å²) in [6, 6.07) is 0.372. The molecule has 3 heteroatoms. The van der Waals surface area contributed by atoms with E-state index in [1.54, 1.807) is 0 Å². The second kappa shape index (κ2) is 5.67. The molecule has 0 aromatic carbocycles. The van der Waals surface area contributed by atoms with E-state index in [0.29, 0.717) is 23.8 Å². The first-order valence-electron chi connectivity index (χ1n) is 6.79. The molecule has 0 radical (unpaired) electrons. The molecule has 0 aromatic rings. The molecular weight excluding hydrogens is 200 g/mol. The molecule has 2 aliphatic carbocycles. The second-order valence-corrected chi connectivity index (χ2v) is 5.52. The summed E-state index contributed by atoms with van der Waals surface area (Å²) in [5, 5.41) is 3.12. The summed E-state index contributed by atoms with van der Waals surface area (Å²) < 4.78 is 0. The van der Waals surface area contributed by atoms with Crippen molar-refractivity contribution in [3.63, 3.8) is 0 Å². The normalized spacial score (nSPS) is 31.6. The van der Waals surface area contributed by atoms with Crippen LogP contribution < -0.4 is 11.1 Å². The Hall–Kier alpha value is -0.570. The Kier molecular flexibility index (Phi) is 4.22. The molecule has 0 unspecified atom stereocenters. The summed E-state index contributed by atoms with van der Waals surface area (Å²) in [7, 11) is 0. The standard InChI is InChI=1S/C13H24N2O/c14-12-7-6-10(8-12)9-15-13(16)11-4-2-1-3-5-11/h10-12H,1-9,14H2,(H,15,16)/t10-,12+/m0/s1. The highest BCUT2D eigenvalue weighted by Gasteiger charge is 2.24. The van der Waals surface area contributed by atoms with Gasteiger partial charge in [-0.2, -0.15) is 0 Å². The number of nitrogens with two attached hydrogens (primary N) is 1. The van der Waals surface area contributed by atoms with E-state index in [4.69, 9.17) is 5.73 Å². The third-order valence-electron chi connectivity index (χ3n) is 4.12. The van der Waals surface area contributed by atoms with Gasteiger partial charge in [0, 0.05) is 18.5 Å². The summed E-state index contributed by atoms with van der Waals surface area (Å²) in [6.07, 6.45) is 9.35. The lowest BCUT2D eigenvalue weighted by atomic mass is 9.88. The molecule has 2 aliphatic rings. The fraction of sp³-hybridized carbons (Fsp3) is 0.923. The minimum Gasteiger partial charge on any atom is -0.356 e. The Morgan fingerprint density at radius 3 is 2.50 bits per heavy atom. The lowest BCUT2D eigenvalue weighted by molar-refractivity contribution is -0.126. The minimum atomic E-state index is 0.292. The van der Waals surface area contributed by atoms with E-state index < -0.39 is 0 Å². The molecule has 0 saturated heterocycles. The molecule has 3 nitrogen and oxygen atoms in total. The van der Waals surface area contributed by atoms with Gasteiger partial charge in [-0.25, -0.2) is 0 Å². The number of carbonyl (C=O) groups is 1. The summed E-state index contributed by atoms with van der Waals surface area (Å²) in [6.45, 7) is 0.850. The lowest BCUT2D eigenvalue weighted by Gasteiger charge is -2.21. The SMILES string of the molecule is N[C@@H]1CC[C@H](CNC(=O)C2CCCCC2)C1. The van der Waals surface area contributed by atoms with E-state index in [9.17, 15) is 4.79 Å². The molecule has 0 heterocycles. The van der Waals surface area contributed by atoms with Gasteiger partial charge < -0.3 is 11.1 Å². The molecule has 3 N–H and O–H groups in total. The van der Waals surface area contributed by atoms with Gasteiger partial charge in [-0.1, -0.05) is 19.3 Å². The molecule has 2 atom stereocenters. The highest BCUT2D eigenvalue weighted by Crippen LogP contribution is 2.25. The molecule has 2 fully saturated rings. The molecule has 0 spiro atoms. The van der Waals surface area contributed by atoms with E-state index in [0.717, 1.165) is 32.2 Å². The summed E-state index contributed by atoms with van der Waals surface area (Å²) in [4.78, 5) is 11.9. The smallest absolute Gasteiger partial charge is 0.223 e. The van der Waals surface area contributed by atoms with Crippen molar-refractivity contribution in [3.8, 4) is 0 Å². The van der Waals surface area contributed by atoms with Gasteiger partial charge in [0.2, 0.25) is 5.91 Å². The fourth-order valence-electron chi connectivity index (χ4n) is 3.05. The van der Waals surface area contributed by atoms with Crippen molar-refractivity contribution in [2.45, 2.75) is 57.4 Å². The molecule has 0 aromatic heterocycles. The van der Waals surface area contributed by atoms with Crippen LogP contribution in [0.15, 0.2) is 0 Å². The van der Waals surface area contributed by atoms with Crippen molar-refractivity contribution in [2.75, 3.05) is 6.54 Å². The zero-order chi connectivity index (χ0) is 11.4. The molecule has 2 saturated carbocycles. The van der Waals surface area contributed by atoms with Gasteiger partial charge >= 0.3 is 0 Å². The summed E-state index contributed by atoms with van der Waals surface area (Å²) in [5.41, 5.74) is 5.86. The summed E-state index contributed by atoms with van der Waals surface area (Å²) >= 11 is 0. The van der Waals surface area contributed by atoms with Gasteiger partial charge in [0.25, 0.3) is 0 Å². The molecule has 16 heavy (non-hydrogen) atoms. The topological polar surface area (TPSA) is 55.1 Å². The maximum Gasteiger partial charge on any atom is 0.223 e. The van der Waals surface area contributed by atoms with Crippen LogP contribution >= 0.6 is 0 Å².